The van der Waals surface area contributed by atoms with Gasteiger partial charge in [0, 0.05) is 35.9 Å². The zero-order chi connectivity index (χ0) is 13.7. The summed E-state index contributed by atoms with van der Waals surface area (Å²) in [6.45, 7) is 1.76. The Bertz CT molecular complexity index is 541. The summed E-state index contributed by atoms with van der Waals surface area (Å²) in [6.07, 6.45) is 6.49. The molecule has 0 amide bonds. The summed E-state index contributed by atoms with van der Waals surface area (Å²) in [5.74, 6) is -0.496. The Hall–Kier alpha value is -2.27. The van der Waals surface area contributed by atoms with Crippen molar-refractivity contribution in [2.75, 3.05) is 0 Å². The summed E-state index contributed by atoms with van der Waals surface area (Å²) < 4.78 is 5.22. The minimum Gasteiger partial charge on any atom is -0.459 e. The highest BCUT2D eigenvalue weighted by atomic mass is 16.5. The molecule has 0 saturated carbocycles. The fourth-order valence-corrected chi connectivity index (χ4v) is 1.57. The van der Waals surface area contributed by atoms with Gasteiger partial charge < -0.3 is 10.5 Å². The molecule has 5 heteroatoms. The van der Waals surface area contributed by atoms with Crippen molar-refractivity contribution >= 4 is 5.97 Å². The van der Waals surface area contributed by atoms with E-state index in [1.165, 1.54) is 0 Å². The van der Waals surface area contributed by atoms with E-state index in [4.69, 9.17) is 10.5 Å². The Balaban J connectivity index is 2.03. The Kier molecular flexibility index (Phi) is 3.87. The van der Waals surface area contributed by atoms with Crippen LogP contribution < -0.4 is 5.73 Å². The average Bonchev–Trinajstić information content (AvgIpc) is 2.46. The van der Waals surface area contributed by atoms with E-state index in [1.54, 1.807) is 49.9 Å². The number of carbonyl (C=O) groups is 1. The fraction of sp³-hybridized carbons (Fsp3) is 0.214. The zero-order valence-electron chi connectivity index (χ0n) is 10.6. The Morgan fingerprint density at radius 3 is 2.53 bits per heavy atom. The molecule has 0 fully saturated rings. The van der Waals surface area contributed by atoms with Crippen molar-refractivity contribution in [3.63, 3.8) is 0 Å². The molecule has 5 nitrogen and oxygen atoms in total. The Morgan fingerprint density at radius 1 is 1.26 bits per heavy atom. The minimum absolute atomic E-state index is 0.153. The monoisotopic (exact) mass is 257 g/mol. The van der Waals surface area contributed by atoms with Gasteiger partial charge in [0.25, 0.3) is 0 Å². The van der Waals surface area contributed by atoms with Gasteiger partial charge in [-0.05, 0) is 19.1 Å². The molecule has 2 aromatic heterocycles. The molecule has 0 aliphatic carbocycles. The topological polar surface area (TPSA) is 78.1 Å². The van der Waals surface area contributed by atoms with Gasteiger partial charge in [-0.15, -0.1) is 0 Å². The predicted molar refractivity (Wildman–Crippen MR) is 69.8 cm³/mol. The van der Waals surface area contributed by atoms with Gasteiger partial charge in [0.1, 0.15) is 12.1 Å². The van der Waals surface area contributed by atoms with Gasteiger partial charge in [0.05, 0.1) is 0 Å². The second kappa shape index (κ2) is 5.58. The lowest BCUT2D eigenvalue weighted by atomic mass is 9.95. The third-order valence-electron chi connectivity index (χ3n) is 2.78. The van der Waals surface area contributed by atoms with Gasteiger partial charge in [-0.1, -0.05) is 12.1 Å². The first-order chi connectivity index (χ1) is 9.10. The van der Waals surface area contributed by atoms with E-state index in [2.05, 4.69) is 9.97 Å². The highest BCUT2D eigenvalue weighted by Gasteiger charge is 2.32. The number of nitrogens with zero attached hydrogens (tertiary/aromatic N) is 2. The van der Waals surface area contributed by atoms with Gasteiger partial charge in [-0.25, -0.2) is 4.79 Å². The zero-order valence-corrected chi connectivity index (χ0v) is 10.6. The molecule has 2 heterocycles. The molecule has 2 rings (SSSR count). The first kappa shape index (κ1) is 13.2. The van der Waals surface area contributed by atoms with Crippen LogP contribution in [0.3, 0.4) is 0 Å². The molecule has 1 atom stereocenters. The third-order valence-corrected chi connectivity index (χ3v) is 2.78. The van der Waals surface area contributed by atoms with E-state index >= 15 is 0 Å². The molecular formula is C14H15N3O2. The molecule has 0 aromatic carbocycles. The smallest absolute Gasteiger partial charge is 0.330 e. The molecule has 98 valence electrons. The Morgan fingerprint density at radius 2 is 1.95 bits per heavy atom. The Labute approximate surface area is 111 Å². The first-order valence-electron chi connectivity index (χ1n) is 5.86. The molecular weight excluding hydrogens is 242 g/mol. The van der Waals surface area contributed by atoms with E-state index in [0.717, 1.165) is 5.56 Å². The summed E-state index contributed by atoms with van der Waals surface area (Å²) >= 11 is 0. The van der Waals surface area contributed by atoms with Crippen LogP contribution in [0.15, 0.2) is 49.1 Å². The maximum absolute atomic E-state index is 12.0. The van der Waals surface area contributed by atoms with Crippen molar-refractivity contribution in [2.24, 2.45) is 5.73 Å². The second-order valence-electron chi connectivity index (χ2n) is 4.38. The normalized spacial score (nSPS) is 13.6. The molecule has 0 radical (unpaired) electrons. The summed E-state index contributed by atoms with van der Waals surface area (Å²) in [7, 11) is 0. The molecule has 0 aliphatic heterocycles. The number of pyridine rings is 2. The van der Waals surface area contributed by atoms with E-state index < -0.39 is 11.5 Å². The van der Waals surface area contributed by atoms with Crippen LogP contribution in [0.5, 0.6) is 0 Å². The lowest BCUT2D eigenvalue weighted by Crippen LogP contribution is -2.43. The van der Waals surface area contributed by atoms with Gasteiger partial charge in [0.2, 0.25) is 0 Å². The number of rotatable bonds is 4. The molecule has 2 aromatic rings. The van der Waals surface area contributed by atoms with Crippen LogP contribution in [0.4, 0.5) is 0 Å². The molecule has 0 saturated heterocycles. The lowest BCUT2D eigenvalue weighted by Gasteiger charge is -2.22. The summed E-state index contributed by atoms with van der Waals surface area (Å²) in [6, 6.07) is 7.09. The van der Waals surface area contributed by atoms with Crippen molar-refractivity contribution in [3.8, 4) is 0 Å². The van der Waals surface area contributed by atoms with Crippen LogP contribution in [0, 0.1) is 0 Å². The number of ether oxygens (including phenoxy) is 1. The van der Waals surface area contributed by atoms with E-state index in [1.807, 2.05) is 6.07 Å². The number of aromatic nitrogens is 2. The molecule has 0 unspecified atom stereocenters. The summed E-state index contributed by atoms with van der Waals surface area (Å²) in [4.78, 5) is 19.9. The van der Waals surface area contributed by atoms with Gasteiger partial charge >= 0.3 is 5.97 Å². The molecule has 19 heavy (non-hydrogen) atoms. The van der Waals surface area contributed by atoms with Gasteiger partial charge in [-0.2, -0.15) is 0 Å². The van der Waals surface area contributed by atoms with Crippen LogP contribution in [0.1, 0.15) is 18.1 Å². The summed E-state index contributed by atoms with van der Waals surface area (Å²) in [5, 5.41) is 0. The standard InChI is InChI=1S/C14H15N3O2/c1-14(15,12-5-3-7-17-9-12)13(18)19-10-11-4-2-6-16-8-11/h2-9H,10,15H2,1H3/t14-/m1/s1. The van der Waals surface area contributed by atoms with Crippen LogP contribution in [-0.2, 0) is 21.7 Å². The minimum atomic E-state index is -1.21. The molecule has 0 spiro atoms. The number of carbonyl (C=O) groups excluding carboxylic acids is 1. The SMILES string of the molecule is C[C@](N)(C(=O)OCc1cccnc1)c1cccnc1. The predicted octanol–water partition coefficient (Wildman–Crippen LogP) is 1.39. The number of esters is 1. The third kappa shape index (κ3) is 3.14. The summed E-state index contributed by atoms with van der Waals surface area (Å²) in [5.41, 5.74) is 6.24. The molecule has 0 bridgehead atoms. The quantitative estimate of drug-likeness (QED) is 0.837. The van der Waals surface area contributed by atoms with Crippen molar-refractivity contribution < 1.29 is 9.53 Å². The molecule has 0 aliphatic rings. The second-order valence-corrected chi connectivity index (χ2v) is 4.38. The van der Waals surface area contributed by atoms with Crippen molar-refractivity contribution in [2.45, 2.75) is 19.1 Å². The number of hydrogen-bond acceptors (Lipinski definition) is 5. The maximum atomic E-state index is 12.0. The van der Waals surface area contributed by atoms with Crippen LogP contribution in [0.2, 0.25) is 0 Å². The van der Waals surface area contributed by atoms with Gasteiger partial charge in [-0.3, -0.25) is 9.97 Å². The van der Waals surface area contributed by atoms with Crippen molar-refractivity contribution in [1.29, 1.82) is 0 Å². The van der Waals surface area contributed by atoms with Gasteiger partial charge in [0.15, 0.2) is 0 Å². The van der Waals surface area contributed by atoms with Crippen molar-refractivity contribution in [1.82, 2.24) is 9.97 Å². The van der Waals surface area contributed by atoms with E-state index in [0.29, 0.717) is 5.56 Å². The van der Waals surface area contributed by atoms with E-state index in [9.17, 15) is 4.79 Å². The van der Waals surface area contributed by atoms with E-state index in [-0.39, 0.29) is 6.61 Å². The van der Waals surface area contributed by atoms with Crippen molar-refractivity contribution in [3.05, 3.63) is 60.2 Å². The highest BCUT2D eigenvalue weighted by Crippen LogP contribution is 2.18. The lowest BCUT2D eigenvalue weighted by molar-refractivity contribution is -0.151. The fourth-order valence-electron chi connectivity index (χ4n) is 1.57. The maximum Gasteiger partial charge on any atom is 0.330 e. The largest absolute Gasteiger partial charge is 0.459 e. The number of hydrogen-bond donors (Lipinski definition) is 1. The average molecular weight is 257 g/mol. The first-order valence-corrected chi connectivity index (χ1v) is 5.86. The van der Waals surface area contributed by atoms with Crippen LogP contribution in [-0.4, -0.2) is 15.9 Å². The highest BCUT2D eigenvalue weighted by molar-refractivity contribution is 5.81. The van der Waals surface area contributed by atoms with Crippen LogP contribution >= 0.6 is 0 Å². The molecule has 2 N–H and O–H groups in total. The number of nitrogens with two attached hydrogens (primary N) is 1. The van der Waals surface area contributed by atoms with Crippen LogP contribution in [0.25, 0.3) is 0 Å².